The van der Waals surface area contributed by atoms with E-state index in [-0.39, 0.29) is 41.0 Å². The van der Waals surface area contributed by atoms with Crippen LogP contribution in [0.3, 0.4) is 0 Å². The highest BCUT2D eigenvalue weighted by Crippen LogP contribution is 2.62. The van der Waals surface area contributed by atoms with Gasteiger partial charge in [0.1, 0.15) is 0 Å². The van der Waals surface area contributed by atoms with Crippen molar-refractivity contribution in [1.29, 1.82) is 0 Å². The van der Waals surface area contributed by atoms with E-state index in [1.54, 1.807) is 0 Å². The number of amides is 2. The fourth-order valence-electron chi connectivity index (χ4n) is 6.08. The highest BCUT2D eigenvalue weighted by molar-refractivity contribution is 5.95. The number of nitrogens with one attached hydrogen (secondary N) is 1. The molecule has 1 N–H and O–H groups in total. The van der Waals surface area contributed by atoms with Gasteiger partial charge in [0.25, 0.3) is 5.91 Å². The third-order valence-corrected chi connectivity index (χ3v) is 7.52. The second kappa shape index (κ2) is 5.96. The lowest BCUT2D eigenvalue weighted by atomic mass is 9.60. The Balaban J connectivity index is 1.31. The van der Waals surface area contributed by atoms with Crippen molar-refractivity contribution in [2.75, 3.05) is 25.5 Å². The van der Waals surface area contributed by atoms with Crippen LogP contribution in [0.15, 0.2) is 24.3 Å². The van der Waals surface area contributed by atoms with E-state index in [0.717, 1.165) is 36.9 Å². The summed E-state index contributed by atoms with van der Waals surface area (Å²) in [4.78, 5) is 30.6. The fourth-order valence-corrected chi connectivity index (χ4v) is 6.08. The van der Waals surface area contributed by atoms with Gasteiger partial charge in [-0.2, -0.15) is 0 Å². The van der Waals surface area contributed by atoms with Crippen molar-refractivity contribution in [2.24, 2.45) is 5.41 Å². The molecule has 28 heavy (non-hydrogen) atoms. The van der Waals surface area contributed by atoms with Crippen LogP contribution in [0.5, 0.6) is 0 Å². The van der Waals surface area contributed by atoms with Crippen LogP contribution in [0, 0.1) is 5.41 Å². The molecule has 6 aliphatic rings. The van der Waals surface area contributed by atoms with E-state index in [4.69, 9.17) is 4.74 Å². The zero-order valence-corrected chi connectivity index (χ0v) is 16.9. The SMILES string of the molecule is CNc1ccc(C(=O)N2CC3CCC2CN3C(=O)C23CC(C)(C2)OC3C)cc1. The molecule has 0 spiro atoms. The molecule has 6 nitrogen and oxygen atoms in total. The maximum absolute atomic E-state index is 13.5. The van der Waals surface area contributed by atoms with Crippen molar-refractivity contribution in [3.63, 3.8) is 0 Å². The molecule has 1 saturated carbocycles. The van der Waals surface area contributed by atoms with E-state index < -0.39 is 0 Å². The molecule has 4 bridgehead atoms. The van der Waals surface area contributed by atoms with Gasteiger partial charge in [-0.15, -0.1) is 0 Å². The Labute approximate surface area is 166 Å². The highest BCUT2D eigenvalue weighted by atomic mass is 16.5. The van der Waals surface area contributed by atoms with Gasteiger partial charge < -0.3 is 19.9 Å². The second-order valence-corrected chi connectivity index (χ2v) is 9.35. The van der Waals surface area contributed by atoms with Crippen LogP contribution >= 0.6 is 0 Å². The van der Waals surface area contributed by atoms with Crippen LogP contribution < -0.4 is 5.32 Å². The first-order valence-corrected chi connectivity index (χ1v) is 10.4. The minimum atomic E-state index is -0.329. The summed E-state index contributed by atoms with van der Waals surface area (Å²) in [5.41, 5.74) is 1.28. The predicted molar refractivity (Wildman–Crippen MR) is 106 cm³/mol. The summed E-state index contributed by atoms with van der Waals surface area (Å²) >= 11 is 0. The third-order valence-electron chi connectivity index (χ3n) is 7.52. The van der Waals surface area contributed by atoms with Crippen molar-refractivity contribution >= 4 is 17.5 Å². The molecule has 0 aromatic heterocycles. The van der Waals surface area contributed by atoms with Crippen LogP contribution in [0.4, 0.5) is 5.69 Å². The molecule has 5 aliphatic heterocycles. The topological polar surface area (TPSA) is 61.9 Å². The molecule has 0 radical (unpaired) electrons. The summed E-state index contributed by atoms with van der Waals surface area (Å²) in [7, 11) is 1.87. The minimum absolute atomic E-state index is 0.00567. The summed E-state index contributed by atoms with van der Waals surface area (Å²) in [5, 5.41) is 3.08. The van der Waals surface area contributed by atoms with Crippen LogP contribution in [-0.4, -0.2) is 65.5 Å². The van der Waals surface area contributed by atoms with Gasteiger partial charge in [-0.05, 0) is 63.8 Å². The number of piperidine rings is 2. The van der Waals surface area contributed by atoms with Crippen molar-refractivity contribution in [2.45, 2.75) is 63.3 Å². The Morgan fingerprint density at radius 1 is 1.07 bits per heavy atom. The van der Waals surface area contributed by atoms with Gasteiger partial charge in [0.15, 0.2) is 0 Å². The van der Waals surface area contributed by atoms with Crippen LogP contribution in [0.2, 0.25) is 0 Å². The van der Waals surface area contributed by atoms with E-state index in [0.29, 0.717) is 13.1 Å². The molecule has 5 saturated heterocycles. The number of piperazine rings is 1. The first-order chi connectivity index (χ1) is 13.3. The molecule has 6 fully saturated rings. The maximum Gasteiger partial charge on any atom is 0.254 e. The number of carbonyl (C=O) groups excluding carboxylic acids is 2. The van der Waals surface area contributed by atoms with Crippen LogP contribution in [-0.2, 0) is 9.53 Å². The number of hydrogen-bond donors (Lipinski definition) is 1. The first kappa shape index (κ1) is 18.0. The number of rotatable bonds is 3. The number of anilines is 1. The van der Waals surface area contributed by atoms with Gasteiger partial charge in [0, 0.05) is 43.5 Å². The summed E-state index contributed by atoms with van der Waals surface area (Å²) in [5.74, 6) is 0.339. The quantitative estimate of drug-likeness (QED) is 0.871. The number of carbonyl (C=O) groups is 2. The van der Waals surface area contributed by atoms with Gasteiger partial charge in [-0.3, -0.25) is 9.59 Å². The average Bonchev–Trinajstić information content (AvgIpc) is 3.12. The Morgan fingerprint density at radius 2 is 1.68 bits per heavy atom. The molecule has 7 rings (SSSR count). The molecule has 150 valence electrons. The number of benzene rings is 1. The van der Waals surface area contributed by atoms with Crippen molar-refractivity contribution in [3.05, 3.63) is 29.8 Å². The number of fused-ring (bicyclic) bond motifs is 4. The third kappa shape index (κ3) is 2.43. The smallest absolute Gasteiger partial charge is 0.254 e. The monoisotopic (exact) mass is 383 g/mol. The molecule has 3 unspecified atom stereocenters. The van der Waals surface area contributed by atoms with E-state index in [1.165, 1.54) is 0 Å². The second-order valence-electron chi connectivity index (χ2n) is 9.35. The maximum atomic E-state index is 13.5. The Kier molecular flexibility index (Phi) is 3.83. The van der Waals surface area contributed by atoms with Crippen molar-refractivity contribution < 1.29 is 14.3 Å². The van der Waals surface area contributed by atoms with Crippen molar-refractivity contribution in [3.8, 4) is 0 Å². The Morgan fingerprint density at radius 3 is 2.18 bits per heavy atom. The molecule has 1 aliphatic carbocycles. The summed E-state index contributed by atoms with van der Waals surface area (Å²) in [6.45, 7) is 5.47. The lowest BCUT2D eigenvalue weighted by molar-refractivity contribution is -0.157. The standard InChI is InChI=1S/C22H29N3O3/c1-14-22(12-21(2,13-22)28-14)20(27)25-11-17-8-9-18(25)10-24(17)19(26)15-4-6-16(23-3)7-5-15/h4-7,14,17-18,23H,8-13H2,1-3H3. The molecule has 1 aromatic carbocycles. The summed E-state index contributed by atoms with van der Waals surface area (Å²) < 4.78 is 6.04. The first-order valence-electron chi connectivity index (χ1n) is 10.4. The molecule has 3 atom stereocenters. The lowest BCUT2D eigenvalue weighted by Gasteiger charge is -2.54. The van der Waals surface area contributed by atoms with Gasteiger partial charge in [-0.1, -0.05) is 0 Å². The minimum Gasteiger partial charge on any atom is -0.388 e. The number of hydrogen-bond acceptors (Lipinski definition) is 4. The average molecular weight is 383 g/mol. The van der Waals surface area contributed by atoms with Crippen LogP contribution in [0.25, 0.3) is 0 Å². The predicted octanol–water partition coefficient (Wildman–Crippen LogP) is 2.50. The molecule has 1 aromatic rings. The highest BCUT2D eigenvalue weighted by Gasteiger charge is 2.69. The van der Waals surface area contributed by atoms with E-state index in [9.17, 15) is 9.59 Å². The zero-order valence-electron chi connectivity index (χ0n) is 16.9. The molecule has 5 heterocycles. The van der Waals surface area contributed by atoms with Crippen molar-refractivity contribution in [1.82, 2.24) is 9.80 Å². The Hall–Kier alpha value is -2.08. The van der Waals surface area contributed by atoms with Gasteiger partial charge in [-0.25, -0.2) is 0 Å². The summed E-state index contributed by atoms with van der Waals surface area (Å²) in [6, 6.07) is 7.87. The number of ether oxygens (including phenoxy) is 1. The lowest BCUT2D eigenvalue weighted by Crippen LogP contribution is -2.68. The fraction of sp³-hybridized carbons (Fsp3) is 0.636. The Bertz CT molecular complexity index is 815. The molecular formula is C22H29N3O3. The van der Waals surface area contributed by atoms with Crippen LogP contribution in [0.1, 0.15) is 49.9 Å². The van der Waals surface area contributed by atoms with Gasteiger partial charge in [0.2, 0.25) is 5.91 Å². The molecule has 2 amide bonds. The molecular weight excluding hydrogens is 354 g/mol. The van der Waals surface area contributed by atoms with E-state index >= 15 is 0 Å². The summed E-state index contributed by atoms with van der Waals surface area (Å²) in [6.07, 6.45) is 3.64. The van der Waals surface area contributed by atoms with E-state index in [2.05, 4.69) is 17.1 Å². The van der Waals surface area contributed by atoms with Gasteiger partial charge >= 0.3 is 0 Å². The number of nitrogens with zero attached hydrogens (tertiary/aromatic N) is 2. The molecule has 6 heteroatoms. The zero-order chi connectivity index (χ0) is 19.7. The van der Waals surface area contributed by atoms with Gasteiger partial charge in [0.05, 0.1) is 17.1 Å². The normalized spacial score (nSPS) is 38.3. The largest absolute Gasteiger partial charge is 0.388 e. The van der Waals surface area contributed by atoms with E-state index in [1.807, 2.05) is 43.1 Å².